The lowest BCUT2D eigenvalue weighted by atomic mass is 9.87. The smallest absolute Gasteiger partial charge is 0.251 e. The molecule has 0 radical (unpaired) electrons. The van der Waals surface area contributed by atoms with E-state index in [1.54, 1.807) is 6.92 Å². The van der Waals surface area contributed by atoms with Crippen LogP contribution in [-0.2, 0) is 12.0 Å². The Morgan fingerprint density at radius 3 is 2.35 bits per heavy atom. The van der Waals surface area contributed by atoms with Gasteiger partial charge in [0.1, 0.15) is 0 Å². The first kappa shape index (κ1) is 14.2. The predicted octanol–water partition coefficient (Wildman–Crippen LogP) is 2.61. The summed E-state index contributed by atoms with van der Waals surface area (Å²) in [4.78, 5) is 12.0. The monoisotopic (exact) mass is 273 g/mol. The molecule has 1 N–H and O–H groups in total. The van der Waals surface area contributed by atoms with Crippen molar-refractivity contribution in [2.75, 3.05) is 0 Å². The van der Waals surface area contributed by atoms with E-state index in [-0.39, 0.29) is 17.9 Å². The third kappa shape index (κ3) is 3.44. The molecule has 2 aromatic rings. The van der Waals surface area contributed by atoms with Crippen molar-refractivity contribution < 1.29 is 9.21 Å². The third-order valence-electron chi connectivity index (χ3n) is 2.98. The summed E-state index contributed by atoms with van der Waals surface area (Å²) in [5, 5.41) is 10.3. The lowest BCUT2D eigenvalue weighted by molar-refractivity contribution is 0.0947. The fourth-order valence-corrected chi connectivity index (χ4v) is 1.79. The molecule has 0 atom stereocenters. The van der Waals surface area contributed by atoms with E-state index in [1.807, 2.05) is 24.3 Å². The van der Waals surface area contributed by atoms with Gasteiger partial charge in [-0.2, -0.15) is 0 Å². The molecule has 5 heteroatoms. The minimum atomic E-state index is -0.152. The van der Waals surface area contributed by atoms with Gasteiger partial charge in [0.05, 0.1) is 6.54 Å². The highest BCUT2D eigenvalue weighted by atomic mass is 16.4. The van der Waals surface area contributed by atoms with Gasteiger partial charge in [-0.15, -0.1) is 10.2 Å². The molecule has 0 unspecified atom stereocenters. The number of aryl methyl sites for hydroxylation is 1. The van der Waals surface area contributed by atoms with Crippen LogP contribution >= 0.6 is 0 Å². The highest BCUT2D eigenvalue weighted by molar-refractivity contribution is 5.94. The number of carbonyl (C=O) groups excluding carboxylic acids is 1. The summed E-state index contributed by atoms with van der Waals surface area (Å²) in [6.45, 7) is 8.37. The zero-order valence-corrected chi connectivity index (χ0v) is 12.2. The highest BCUT2D eigenvalue weighted by Gasteiger charge is 2.14. The van der Waals surface area contributed by atoms with Crippen LogP contribution in [0.1, 0.15) is 48.5 Å². The fraction of sp³-hybridized carbons (Fsp3) is 0.400. The largest absolute Gasteiger partial charge is 0.424 e. The van der Waals surface area contributed by atoms with E-state index in [9.17, 15) is 4.79 Å². The van der Waals surface area contributed by atoms with Gasteiger partial charge in [-0.3, -0.25) is 4.79 Å². The third-order valence-corrected chi connectivity index (χ3v) is 2.98. The lowest BCUT2D eigenvalue weighted by Gasteiger charge is -2.18. The molecule has 0 bridgehead atoms. The molecule has 0 aliphatic rings. The maximum absolute atomic E-state index is 12.0. The van der Waals surface area contributed by atoms with Crippen molar-refractivity contribution in [3.05, 3.63) is 47.2 Å². The molecule has 0 saturated carbocycles. The van der Waals surface area contributed by atoms with Crippen LogP contribution in [0.3, 0.4) is 0 Å². The van der Waals surface area contributed by atoms with Gasteiger partial charge in [0.2, 0.25) is 11.8 Å². The van der Waals surface area contributed by atoms with Crippen LogP contribution in [0.15, 0.2) is 28.7 Å². The average Bonchev–Trinajstić information content (AvgIpc) is 2.81. The molecule has 106 valence electrons. The van der Waals surface area contributed by atoms with Crippen LogP contribution in [0.2, 0.25) is 0 Å². The summed E-state index contributed by atoms with van der Waals surface area (Å²) in [5.41, 5.74) is 1.90. The van der Waals surface area contributed by atoms with Crippen molar-refractivity contribution in [1.82, 2.24) is 15.5 Å². The van der Waals surface area contributed by atoms with E-state index in [2.05, 4.69) is 36.3 Å². The summed E-state index contributed by atoms with van der Waals surface area (Å²) < 4.78 is 5.20. The van der Waals surface area contributed by atoms with Gasteiger partial charge in [-0.1, -0.05) is 32.9 Å². The fourth-order valence-electron chi connectivity index (χ4n) is 1.79. The Hall–Kier alpha value is -2.17. The molecular weight excluding hydrogens is 254 g/mol. The lowest BCUT2D eigenvalue weighted by Crippen LogP contribution is -2.23. The van der Waals surface area contributed by atoms with Crippen molar-refractivity contribution in [1.29, 1.82) is 0 Å². The predicted molar refractivity (Wildman–Crippen MR) is 75.3 cm³/mol. The highest BCUT2D eigenvalue weighted by Crippen LogP contribution is 2.22. The maximum Gasteiger partial charge on any atom is 0.251 e. The minimum Gasteiger partial charge on any atom is -0.424 e. The van der Waals surface area contributed by atoms with Gasteiger partial charge in [0.25, 0.3) is 5.91 Å². The van der Waals surface area contributed by atoms with Crippen molar-refractivity contribution >= 4 is 5.91 Å². The van der Waals surface area contributed by atoms with Gasteiger partial charge < -0.3 is 9.73 Å². The van der Waals surface area contributed by atoms with Crippen molar-refractivity contribution in [2.45, 2.75) is 39.7 Å². The number of aromatic nitrogens is 2. The topological polar surface area (TPSA) is 68.0 Å². The van der Waals surface area contributed by atoms with Gasteiger partial charge in [-0.05, 0) is 23.1 Å². The number of benzene rings is 1. The Morgan fingerprint density at radius 2 is 1.85 bits per heavy atom. The van der Waals surface area contributed by atoms with E-state index in [0.29, 0.717) is 17.3 Å². The van der Waals surface area contributed by atoms with E-state index in [4.69, 9.17) is 4.42 Å². The molecule has 5 nitrogen and oxygen atoms in total. The number of hydrogen-bond acceptors (Lipinski definition) is 4. The minimum absolute atomic E-state index is 0.0797. The number of amides is 1. The molecular formula is C15H19N3O2. The van der Waals surface area contributed by atoms with Crippen LogP contribution < -0.4 is 5.32 Å². The van der Waals surface area contributed by atoms with Crippen LogP contribution in [0.5, 0.6) is 0 Å². The van der Waals surface area contributed by atoms with Crippen LogP contribution in [0, 0.1) is 6.92 Å². The molecule has 1 aromatic heterocycles. The summed E-state index contributed by atoms with van der Waals surface area (Å²) in [6, 6.07) is 7.61. The van der Waals surface area contributed by atoms with Crippen molar-refractivity contribution in [2.24, 2.45) is 0 Å². The van der Waals surface area contributed by atoms with E-state index >= 15 is 0 Å². The summed E-state index contributed by atoms with van der Waals surface area (Å²) in [5.74, 6) is 0.743. The summed E-state index contributed by atoms with van der Waals surface area (Å²) >= 11 is 0. The zero-order valence-electron chi connectivity index (χ0n) is 12.2. The van der Waals surface area contributed by atoms with Gasteiger partial charge in [0.15, 0.2) is 0 Å². The molecule has 1 heterocycles. The number of carbonyl (C=O) groups is 1. The van der Waals surface area contributed by atoms with E-state index < -0.39 is 0 Å². The normalized spacial score (nSPS) is 11.4. The molecule has 2 rings (SSSR count). The second kappa shape index (κ2) is 5.45. The Kier molecular flexibility index (Phi) is 3.88. The number of hydrogen-bond donors (Lipinski definition) is 1. The Labute approximate surface area is 118 Å². The first-order valence-electron chi connectivity index (χ1n) is 6.54. The molecule has 20 heavy (non-hydrogen) atoms. The molecule has 0 fully saturated rings. The average molecular weight is 273 g/mol. The second-order valence-electron chi connectivity index (χ2n) is 5.72. The van der Waals surface area contributed by atoms with Crippen molar-refractivity contribution in [3.63, 3.8) is 0 Å². The summed E-state index contributed by atoms with van der Waals surface area (Å²) in [6.07, 6.45) is 0. The van der Waals surface area contributed by atoms with Gasteiger partial charge in [0, 0.05) is 12.5 Å². The molecule has 1 aromatic carbocycles. The number of nitrogens with one attached hydrogen (secondary N) is 1. The van der Waals surface area contributed by atoms with Crippen molar-refractivity contribution in [3.8, 4) is 0 Å². The molecule has 0 aliphatic heterocycles. The second-order valence-corrected chi connectivity index (χ2v) is 5.72. The van der Waals surface area contributed by atoms with E-state index in [0.717, 1.165) is 0 Å². The SMILES string of the molecule is Cc1nnc(CNC(=O)c2ccc(C(C)(C)C)cc2)o1. The molecule has 1 amide bonds. The zero-order chi connectivity index (χ0) is 14.8. The van der Waals surface area contributed by atoms with Gasteiger partial charge in [-0.25, -0.2) is 0 Å². The van der Waals surface area contributed by atoms with E-state index in [1.165, 1.54) is 5.56 Å². The number of rotatable bonds is 3. The van der Waals surface area contributed by atoms with Crippen LogP contribution in [-0.4, -0.2) is 16.1 Å². The van der Waals surface area contributed by atoms with Crippen LogP contribution in [0.25, 0.3) is 0 Å². The van der Waals surface area contributed by atoms with Gasteiger partial charge >= 0.3 is 0 Å². The quantitative estimate of drug-likeness (QED) is 0.933. The molecule has 0 spiro atoms. The standard InChI is InChI=1S/C15H19N3O2/c1-10-17-18-13(20-10)9-16-14(19)11-5-7-12(8-6-11)15(2,3)4/h5-8H,9H2,1-4H3,(H,16,19). The number of nitrogens with zero attached hydrogens (tertiary/aromatic N) is 2. The summed E-state index contributed by atoms with van der Waals surface area (Å²) in [7, 11) is 0. The molecule has 0 saturated heterocycles. The first-order chi connectivity index (χ1) is 9.36. The molecule has 0 aliphatic carbocycles. The first-order valence-corrected chi connectivity index (χ1v) is 6.54. The Bertz CT molecular complexity index is 594. The van der Waals surface area contributed by atoms with Crippen LogP contribution in [0.4, 0.5) is 0 Å². The Balaban J connectivity index is 1.99. The Morgan fingerprint density at radius 1 is 1.20 bits per heavy atom. The maximum atomic E-state index is 12.0.